The van der Waals surface area contributed by atoms with Gasteiger partial charge in [0.2, 0.25) is 0 Å². The minimum absolute atomic E-state index is 0.376. The Morgan fingerprint density at radius 2 is 1.74 bits per heavy atom. The lowest BCUT2D eigenvalue weighted by atomic mass is 10.1. The van der Waals surface area contributed by atoms with Crippen LogP contribution in [0.2, 0.25) is 0 Å². The summed E-state index contributed by atoms with van der Waals surface area (Å²) in [5, 5.41) is 15.8. The molecule has 0 unspecified atom stereocenters. The second-order valence-electron chi connectivity index (χ2n) is 10.7. The van der Waals surface area contributed by atoms with Gasteiger partial charge in [-0.2, -0.15) is 0 Å². The van der Waals surface area contributed by atoms with Crippen LogP contribution in [0.1, 0.15) is 34.3 Å². The first-order valence-corrected chi connectivity index (χ1v) is 14.3. The lowest BCUT2D eigenvalue weighted by molar-refractivity contribution is 0.0706. The normalized spacial score (nSPS) is 13.9. The number of anilines is 1. The topological polar surface area (TPSA) is 86.7 Å². The van der Waals surface area contributed by atoms with Crippen molar-refractivity contribution in [2.45, 2.75) is 19.4 Å². The van der Waals surface area contributed by atoms with Crippen LogP contribution in [0, 0.1) is 0 Å². The average molecular weight is 559 g/mol. The van der Waals surface area contributed by atoms with Gasteiger partial charge in [0.15, 0.2) is 0 Å². The maximum atomic E-state index is 11.8. The highest BCUT2D eigenvalue weighted by atomic mass is 16.5. The van der Waals surface area contributed by atoms with Crippen LogP contribution in [0.4, 0.5) is 5.69 Å². The van der Waals surface area contributed by atoms with Crippen LogP contribution in [-0.4, -0.2) is 47.2 Å². The first kappa shape index (κ1) is 27.4. The number of fused-ring (bicyclic) bond motifs is 2. The predicted molar refractivity (Wildman–Crippen MR) is 168 cm³/mol. The molecule has 212 valence electrons. The summed E-state index contributed by atoms with van der Waals surface area (Å²) in [7, 11) is 0. The highest BCUT2D eigenvalue weighted by molar-refractivity contribution is 5.93. The zero-order valence-electron chi connectivity index (χ0n) is 23.4. The van der Waals surface area contributed by atoms with E-state index in [1.807, 2.05) is 42.6 Å². The summed E-state index contributed by atoms with van der Waals surface area (Å²) < 4.78 is 6.34. The molecule has 1 amide bonds. The number of amides is 1. The van der Waals surface area contributed by atoms with Crippen LogP contribution in [-0.2, 0) is 6.54 Å². The highest BCUT2D eigenvalue weighted by Gasteiger charge is 2.12. The summed E-state index contributed by atoms with van der Waals surface area (Å²) in [6, 6.07) is 30.0. The first-order valence-electron chi connectivity index (χ1n) is 14.3. The van der Waals surface area contributed by atoms with Crippen LogP contribution in [0.15, 0.2) is 103 Å². The van der Waals surface area contributed by atoms with Gasteiger partial charge in [-0.3, -0.25) is 19.9 Å². The average Bonchev–Trinajstić information content (AvgIpc) is 3.55. The molecule has 42 heavy (non-hydrogen) atoms. The zero-order chi connectivity index (χ0) is 28.7. The number of nitrogens with one attached hydrogen (secondary N) is 2. The molecule has 0 radical (unpaired) electrons. The summed E-state index contributed by atoms with van der Waals surface area (Å²) in [5.41, 5.74) is 7.22. The van der Waals surface area contributed by atoms with E-state index < -0.39 is 5.91 Å². The molecule has 4 aromatic carbocycles. The second-order valence-corrected chi connectivity index (χ2v) is 10.7. The molecule has 7 nitrogen and oxygen atoms in total. The molecule has 0 saturated carbocycles. The molecule has 2 heterocycles. The Hall–Kier alpha value is -4.72. The third-order valence-corrected chi connectivity index (χ3v) is 7.68. The van der Waals surface area contributed by atoms with Gasteiger partial charge in [-0.15, -0.1) is 0 Å². The molecule has 1 aromatic heterocycles. The number of hydrogen-bond acceptors (Lipinski definition) is 6. The van der Waals surface area contributed by atoms with Crippen LogP contribution < -0.4 is 15.5 Å². The molecule has 7 heteroatoms. The van der Waals surface area contributed by atoms with Gasteiger partial charge < -0.3 is 10.1 Å². The third-order valence-electron chi connectivity index (χ3n) is 7.68. The van der Waals surface area contributed by atoms with Crippen LogP contribution in [0.25, 0.3) is 27.8 Å². The monoisotopic (exact) mass is 558 g/mol. The Bertz CT molecular complexity index is 1720. The van der Waals surface area contributed by atoms with Crippen molar-refractivity contribution in [2.75, 3.05) is 31.6 Å². The summed E-state index contributed by atoms with van der Waals surface area (Å²) in [4.78, 5) is 19.0. The van der Waals surface area contributed by atoms with E-state index in [1.54, 1.807) is 17.6 Å². The van der Waals surface area contributed by atoms with E-state index in [1.165, 1.54) is 31.5 Å². The van der Waals surface area contributed by atoms with Crippen molar-refractivity contribution in [2.24, 2.45) is 0 Å². The van der Waals surface area contributed by atoms with Gasteiger partial charge in [0.05, 0.1) is 17.4 Å². The number of hydrogen-bond donors (Lipinski definition) is 3. The SMILES string of the molecule is O=C(NO)c1ccc(C=C(CNc2cnc3ccc(CN4CCCC4)cc3c2)COc2cccc3ccccc23)cc1. The lowest BCUT2D eigenvalue weighted by Gasteiger charge is -2.15. The van der Waals surface area contributed by atoms with Crippen molar-refractivity contribution in [1.29, 1.82) is 0 Å². The second kappa shape index (κ2) is 12.9. The van der Waals surface area contributed by atoms with E-state index in [9.17, 15) is 4.79 Å². The molecular formula is C35H34N4O3. The van der Waals surface area contributed by atoms with Gasteiger partial charge in [-0.05, 0) is 84.4 Å². The number of nitrogens with zero attached hydrogens (tertiary/aromatic N) is 2. The zero-order valence-corrected chi connectivity index (χ0v) is 23.4. The minimum Gasteiger partial charge on any atom is -0.489 e. The van der Waals surface area contributed by atoms with E-state index >= 15 is 0 Å². The maximum Gasteiger partial charge on any atom is 0.274 e. The van der Waals surface area contributed by atoms with Crippen molar-refractivity contribution in [3.05, 3.63) is 119 Å². The molecule has 0 spiro atoms. The van der Waals surface area contributed by atoms with Crippen molar-refractivity contribution in [3.63, 3.8) is 0 Å². The predicted octanol–water partition coefficient (Wildman–Crippen LogP) is 6.68. The number of aromatic nitrogens is 1. The molecule has 6 rings (SSSR count). The molecular weight excluding hydrogens is 524 g/mol. The van der Waals surface area contributed by atoms with E-state index in [2.05, 4.69) is 58.8 Å². The number of carbonyl (C=O) groups is 1. The molecule has 3 N–H and O–H groups in total. The van der Waals surface area contributed by atoms with Crippen LogP contribution in [0.3, 0.4) is 0 Å². The lowest BCUT2D eigenvalue weighted by Crippen LogP contribution is -2.18. The molecule has 0 aliphatic carbocycles. The highest BCUT2D eigenvalue weighted by Crippen LogP contribution is 2.26. The third kappa shape index (κ3) is 6.60. The molecule has 0 atom stereocenters. The molecule has 5 aromatic rings. The molecule has 1 fully saturated rings. The molecule has 0 bridgehead atoms. The van der Waals surface area contributed by atoms with E-state index in [-0.39, 0.29) is 0 Å². The van der Waals surface area contributed by atoms with Crippen molar-refractivity contribution in [3.8, 4) is 5.75 Å². The summed E-state index contributed by atoms with van der Waals surface area (Å²) in [6.07, 6.45) is 6.49. The number of pyridine rings is 1. The van der Waals surface area contributed by atoms with E-state index in [0.717, 1.165) is 50.8 Å². The van der Waals surface area contributed by atoms with Crippen molar-refractivity contribution in [1.82, 2.24) is 15.4 Å². The Kier molecular flexibility index (Phi) is 8.40. The fraction of sp³-hybridized carbons (Fsp3) is 0.200. The van der Waals surface area contributed by atoms with Crippen LogP contribution in [0.5, 0.6) is 5.75 Å². The minimum atomic E-state index is -0.542. The molecule has 1 aliphatic heterocycles. The number of benzene rings is 4. The smallest absolute Gasteiger partial charge is 0.274 e. The number of carbonyl (C=O) groups excluding carboxylic acids is 1. The van der Waals surface area contributed by atoms with E-state index in [0.29, 0.717) is 18.7 Å². The van der Waals surface area contributed by atoms with Crippen LogP contribution >= 0.6 is 0 Å². The Morgan fingerprint density at radius 1 is 0.929 bits per heavy atom. The van der Waals surface area contributed by atoms with Gasteiger partial charge in [0, 0.05) is 29.4 Å². The number of hydroxylamine groups is 1. The maximum absolute atomic E-state index is 11.8. The summed E-state index contributed by atoms with van der Waals surface area (Å²) in [6.45, 7) is 4.24. The van der Waals surface area contributed by atoms with Gasteiger partial charge in [0.1, 0.15) is 12.4 Å². The van der Waals surface area contributed by atoms with Crippen molar-refractivity contribution >= 4 is 39.3 Å². The van der Waals surface area contributed by atoms with Gasteiger partial charge >= 0.3 is 0 Å². The summed E-state index contributed by atoms with van der Waals surface area (Å²) >= 11 is 0. The molecule has 1 saturated heterocycles. The number of ether oxygens (including phenoxy) is 1. The fourth-order valence-electron chi connectivity index (χ4n) is 5.46. The fourth-order valence-corrected chi connectivity index (χ4v) is 5.46. The Labute approximate surface area is 245 Å². The largest absolute Gasteiger partial charge is 0.489 e. The van der Waals surface area contributed by atoms with E-state index in [4.69, 9.17) is 14.9 Å². The van der Waals surface area contributed by atoms with Gasteiger partial charge in [0.25, 0.3) is 5.91 Å². The standard InChI is InChI=1S/C35H34N4O3/c40-35(38-41)29-13-10-25(11-14-29)18-27(24-42-34-9-5-7-28-6-1-2-8-32(28)34)21-36-31-20-30-19-26(12-15-33(30)37-22-31)23-39-16-3-4-17-39/h1-2,5-15,18-20,22,36,41H,3-4,16-17,21,23-24H2,(H,38,40). The number of likely N-dealkylation sites (tertiary alicyclic amines) is 1. The first-order chi connectivity index (χ1) is 20.6. The van der Waals surface area contributed by atoms with Crippen molar-refractivity contribution < 1.29 is 14.7 Å². The van der Waals surface area contributed by atoms with Gasteiger partial charge in [-0.25, -0.2) is 5.48 Å². The molecule has 1 aliphatic rings. The quantitative estimate of drug-likeness (QED) is 0.131. The summed E-state index contributed by atoms with van der Waals surface area (Å²) in [5.74, 6) is 0.283. The Balaban J connectivity index is 1.22. The number of rotatable bonds is 10. The van der Waals surface area contributed by atoms with Gasteiger partial charge in [-0.1, -0.05) is 60.7 Å². The Morgan fingerprint density at radius 3 is 2.57 bits per heavy atom.